The molecule has 0 spiro atoms. The predicted molar refractivity (Wildman–Crippen MR) is 114 cm³/mol. The number of halogens is 4. The van der Waals surface area contributed by atoms with Crippen LogP contribution >= 0.6 is 0 Å². The average molecular weight is 455 g/mol. The highest BCUT2D eigenvalue weighted by Gasteiger charge is 2.32. The van der Waals surface area contributed by atoms with Gasteiger partial charge in [0.25, 0.3) is 0 Å². The Hall–Kier alpha value is -4.01. The number of rotatable bonds is 6. The van der Waals surface area contributed by atoms with E-state index in [1.807, 2.05) is 30.3 Å². The fourth-order valence-corrected chi connectivity index (χ4v) is 3.34. The Morgan fingerprint density at radius 2 is 1.70 bits per heavy atom. The van der Waals surface area contributed by atoms with Crippen molar-refractivity contribution in [3.05, 3.63) is 90.0 Å². The molecule has 5 nitrogen and oxygen atoms in total. The first kappa shape index (κ1) is 22.2. The normalized spacial score (nSPS) is 11.4. The van der Waals surface area contributed by atoms with Gasteiger partial charge in [0.1, 0.15) is 11.5 Å². The predicted octanol–water partition coefficient (Wildman–Crippen LogP) is 6.13. The first-order valence-electron chi connectivity index (χ1n) is 9.93. The lowest BCUT2D eigenvalue weighted by atomic mass is 10.00. The summed E-state index contributed by atoms with van der Waals surface area (Å²) in [5.74, 6) is -1.49. The molecule has 2 aromatic heterocycles. The number of aromatic nitrogens is 2. The molecule has 168 valence electrons. The molecule has 0 radical (unpaired) electrons. The fourth-order valence-electron chi connectivity index (χ4n) is 3.34. The van der Waals surface area contributed by atoms with Crippen molar-refractivity contribution in [1.29, 1.82) is 0 Å². The van der Waals surface area contributed by atoms with Gasteiger partial charge in [0, 0.05) is 24.4 Å². The molecule has 4 rings (SSSR count). The number of hydrogen-bond donors (Lipinski definition) is 1. The van der Waals surface area contributed by atoms with Crippen molar-refractivity contribution in [2.75, 3.05) is 5.32 Å². The van der Waals surface area contributed by atoms with Gasteiger partial charge in [0.05, 0.1) is 11.1 Å². The van der Waals surface area contributed by atoms with Crippen LogP contribution < -0.4 is 5.32 Å². The van der Waals surface area contributed by atoms with E-state index in [1.54, 1.807) is 12.1 Å². The second kappa shape index (κ2) is 9.23. The summed E-state index contributed by atoms with van der Waals surface area (Å²) in [6, 6.07) is 14.7. The molecule has 1 amide bonds. The topological polar surface area (TPSA) is 68.0 Å². The molecule has 0 unspecified atom stereocenters. The van der Waals surface area contributed by atoms with Crippen LogP contribution in [0.15, 0.2) is 77.6 Å². The number of hydrogen-bond acceptors (Lipinski definition) is 4. The maximum Gasteiger partial charge on any atom is 0.416 e. The molecule has 0 aliphatic rings. The van der Waals surface area contributed by atoms with Gasteiger partial charge in [0.15, 0.2) is 0 Å². The fraction of sp³-hybridized carbons (Fsp3) is 0.125. The van der Waals surface area contributed by atoms with E-state index < -0.39 is 17.6 Å². The number of alkyl halides is 3. The molecular weight excluding hydrogens is 438 g/mol. The monoisotopic (exact) mass is 455 g/mol. The highest BCUT2D eigenvalue weighted by atomic mass is 19.4. The molecular formula is C24H17F4N3O2. The van der Waals surface area contributed by atoms with E-state index in [0.717, 1.165) is 17.7 Å². The van der Waals surface area contributed by atoms with Gasteiger partial charge in [-0.3, -0.25) is 15.1 Å². The summed E-state index contributed by atoms with van der Waals surface area (Å²) in [4.78, 5) is 16.5. The molecule has 0 aliphatic heterocycles. The summed E-state index contributed by atoms with van der Waals surface area (Å²) >= 11 is 0. The summed E-state index contributed by atoms with van der Waals surface area (Å²) in [5, 5.41) is 6.48. The van der Waals surface area contributed by atoms with Crippen molar-refractivity contribution in [3.63, 3.8) is 0 Å². The van der Waals surface area contributed by atoms with Crippen LogP contribution in [0, 0.1) is 5.82 Å². The number of nitrogens with zero attached hydrogens (tertiary/aromatic N) is 2. The van der Waals surface area contributed by atoms with Crippen molar-refractivity contribution >= 4 is 11.8 Å². The second-order valence-corrected chi connectivity index (χ2v) is 7.23. The van der Waals surface area contributed by atoms with Gasteiger partial charge >= 0.3 is 6.18 Å². The highest BCUT2D eigenvalue weighted by Crippen LogP contribution is 2.40. The number of anilines is 1. The van der Waals surface area contributed by atoms with E-state index in [9.17, 15) is 22.4 Å². The summed E-state index contributed by atoms with van der Waals surface area (Å²) in [6.45, 7) is 0. The third kappa shape index (κ3) is 5.25. The Balaban J connectivity index is 1.69. The molecule has 2 aromatic carbocycles. The lowest BCUT2D eigenvalue weighted by Crippen LogP contribution is -2.12. The standard InChI is InChI=1S/C24H17F4N3O2/c25-19-13-17(12-18(14-19)24(26,27)28)22-21(16-8-10-29-11-9-16)23(33-31-22)30-20(32)7-6-15-4-2-1-3-5-15/h1-5,8-14H,6-7H2,(H,30,32). The van der Waals surface area contributed by atoms with E-state index in [2.05, 4.69) is 15.5 Å². The zero-order valence-corrected chi connectivity index (χ0v) is 17.1. The average Bonchev–Trinajstić information content (AvgIpc) is 3.21. The quantitative estimate of drug-likeness (QED) is 0.355. The number of pyridine rings is 1. The van der Waals surface area contributed by atoms with Crippen molar-refractivity contribution < 1.29 is 26.9 Å². The van der Waals surface area contributed by atoms with Crippen molar-refractivity contribution in [1.82, 2.24) is 10.1 Å². The Bertz CT molecular complexity index is 1260. The van der Waals surface area contributed by atoms with E-state index in [4.69, 9.17) is 4.52 Å². The molecule has 1 N–H and O–H groups in total. The van der Waals surface area contributed by atoms with Gasteiger partial charge in [-0.05, 0) is 47.9 Å². The lowest BCUT2D eigenvalue weighted by molar-refractivity contribution is -0.137. The number of amides is 1. The number of nitrogens with one attached hydrogen (secondary N) is 1. The molecule has 2 heterocycles. The molecule has 0 fully saturated rings. The molecule has 33 heavy (non-hydrogen) atoms. The Morgan fingerprint density at radius 3 is 2.39 bits per heavy atom. The van der Waals surface area contributed by atoms with E-state index in [-0.39, 0.29) is 35.0 Å². The van der Waals surface area contributed by atoms with Gasteiger partial charge in [-0.25, -0.2) is 4.39 Å². The van der Waals surface area contributed by atoms with Gasteiger partial charge in [-0.2, -0.15) is 13.2 Å². The van der Waals surface area contributed by atoms with Gasteiger partial charge in [-0.15, -0.1) is 0 Å². The third-order valence-corrected chi connectivity index (χ3v) is 4.90. The van der Waals surface area contributed by atoms with Gasteiger partial charge < -0.3 is 4.52 Å². The van der Waals surface area contributed by atoms with Crippen molar-refractivity contribution in [3.8, 4) is 22.4 Å². The zero-order chi connectivity index (χ0) is 23.4. The molecule has 9 heteroatoms. The number of carbonyl (C=O) groups excluding carboxylic acids is 1. The lowest BCUT2D eigenvalue weighted by Gasteiger charge is -2.10. The maximum absolute atomic E-state index is 14.0. The van der Waals surface area contributed by atoms with E-state index >= 15 is 0 Å². The Labute approximate surface area is 186 Å². The van der Waals surface area contributed by atoms with Crippen LogP contribution in [0.5, 0.6) is 0 Å². The third-order valence-electron chi connectivity index (χ3n) is 4.90. The van der Waals surface area contributed by atoms with Gasteiger partial charge in [-0.1, -0.05) is 35.5 Å². The van der Waals surface area contributed by atoms with E-state index in [1.165, 1.54) is 12.4 Å². The largest absolute Gasteiger partial charge is 0.416 e. The Kier molecular flexibility index (Phi) is 6.21. The molecule has 0 bridgehead atoms. The number of benzene rings is 2. The SMILES string of the molecule is O=C(CCc1ccccc1)Nc1onc(-c2cc(F)cc(C(F)(F)F)c2)c1-c1ccncc1. The first-order chi connectivity index (χ1) is 15.8. The van der Waals surface area contributed by atoms with Crippen LogP contribution in [0.25, 0.3) is 22.4 Å². The summed E-state index contributed by atoms with van der Waals surface area (Å²) in [7, 11) is 0. The van der Waals surface area contributed by atoms with Crippen LogP contribution in [-0.2, 0) is 17.4 Å². The van der Waals surface area contributed by atoms with Crippen molar-refractivity contribution in [2.45, 2.75) is 19.0 Å². The smallest absolute Gasteiger partial charge is 0.337 e. The van der Waals surface area contributed by atoms with Crippen LogP contribution in [0.3, 0.4) is 0 Å². The zero-order valence-electron chi connectivity index (χ0n) is 17.1. The second-order valence-electron chi connectivity index (χ2n) is 7.23. The minimum absolute atomic E-state index is 0.0374. The van der Waals surface area contributed by atoms with Crippen molar-refractivity contribution in [2.24, 2.45) is 0 Å². The molecule has 0 saturated carbocycles. The van der Waals surface area contributed by atoms with Crippen LogP contribution in [-0.4, -0.2) is 16.0 Å². The van der Waals surface area contributed by atoms with Gasteiger partial charge in [0.2, 0.25) is 11.8 Å². The summed E-state index contributed by atoms with van der Waals surface area (Å²) < 4.78 is 58.9. The molecule has 4 aromatic rings. The van der Waals surface area contributed by atoms with E-state index in [0.29, 0.717) is 18.1 Å². The summed E-state index contributed by atoms with van der Waals surface area (Å²) in [6.07, 6.45) is -1.17. The number of carbonyl (C=O) groups is 1. The Morgan fingerprint density at radius 1 is 0.970 bits per heavy atom. The molecule has 0 aliphatic carbocycles. The number of aryl methyl sites for hydroxylation is 1. The first-order valence-corrected chi connectivity index (χ1v) is 9.93. The van der Waals surface area contributed by atoms with Crippen LogP contribution in [0.4, 0.5) is 23.4 Å². The maximum atomic E-state index is 14.0. The van der Waals surface area contributed by atoms with Crippen LogP contribution in [0.1, 0.15) is 17.5 Å². The minimum atomic E-state index is -4.74. The molecule has 0 saturated heterocycles. The minimum Gasteiger partial charge on any atom is -0.337 e. The molecule has 0 atom stereocenters. The highest BCUT2D eigenvalue weighted by molar-refractivity contribution is 5.97. The summed E-state index contributed by atoms with van der Waals surface area (Å²) in [5.41, 5.74) is 0.350. The van der Waals surface area contributed by atoms with Crippen LogP contribution in [0.2, 0.25) is 0 Å².